The summed E-state index contributed by atoms with van der Waals surface area (Å²) < 4.78 is 12.5. The molecule has 0 saturated carbocycles. The Morgan fingerprint density at radius 2 is 1.32 bits per heavy atom. The third-order valence-corrected chi connectivity index (χ3v) is 8.93. The zero-order chi connectivity index (χ0) is 35.7. The van der Waals surface area contributed by atoms with Gasteiger partial charge in [-0.3, -0.25) is 14.6 Å². The first-order chi connectivity index (χ1) is 23.8. The number of nitrogens with one attached hydrogen (secondary N) is 1. The number of phenolic OH excluding ortho intramolecular Hbond substituents is 1. The molecule has 1 fully saturated rings. The number of amides is 1. The monoisotopic (exact) mass is 676 g/mol. The van der Waals surface area contributed by atoms with Crippen molar-refractivity contribution in [2.75, 3.05) is 32.7 Å². The topological polar surface area (TPSA) is 86.6 Å². The first kappa shape index (κ1) is 36.6. The van der Waals surface area contributed by atoms with E-state index in [9.17, 15) is 9.90 Å². The largest absolute Gasteiger partial charge is 0.507 e. The number of carbonyl (C=O) groups is 1. The molecule has 8 nitrogen and oxygen atoms in total. The molecule has 1 aliphatic rings. The van der Waals surface area contributed by atoms with E-state index in [0.29, 0.717) is 18.8 Å². The third kappa shape index (κ3) is 10.4. The van der Waals surface area contributed by atoms with Gasteiger partial charge in [-0.1, -0.05) is 114 Å². The molecular weight excluding hydrogens is 624 g/mol. The molecule has 0 aromatic heterocycles. The molecule has 50 heavy (non-hydrogen) atoms. The van der Waals surface area contributed by atoms with Gasteiger partial charge in [-0.25, -0.2) is 5.43 Å². The van der Waals surface area contributed by atoms with E-state index < -0.39 is 0 Å². The van der Waals surface area contributed by atoms with Gasteiger partial charge in [0.05, 0.1) is 12.8 Å². The van der Waals surface area contributed by atoms with Crippen LogP contribution in [0.25, 0.3) is 0 Å². The number of ether oxygens (including phenoxy) is 2. The van der Waals surface area contributed by atoms with Crippen LogP contribution in [0.5, 0.6) is 17.2 Å². The third-order valence-electron chi connectivity index (χ3n) is 8.93. The predicted molar refractivity (Wildman–Crippen MR) is 201 cm³/mol. The molecule has 1 amide bonds. The molecule has 2 N–H and O–H groups in total. The van der Waals surface area contributed by atoms with E-state index in [-0.39, 0.29) is 29.0 Å². The average molecular weight is 677 g/mol. The highest BCUT2D eigenvalue weighted by Crippen LogP contribution is 2.37. The molecule has 4 aromatic rings. The highest BCUT2D eigenvalue weighted by Gasteiger charge is 2.25. The Bertz CT molecular complexity index is 1740. The van der Waals surface area contributed by atoms with Crippen molar-refractivity contribution in [2.24, 2.45) is 5.10 Å². The van der Waals surface area contributed by atoms with Gasteiger partial charge < -0.3 is 14.6 Å². The van der Waals surface area contributed by atoms with E-state index in [4.69, 9.17) is 9.47 Å². The number of nitrogens with zero attached hydrogens (tertiary/aromatic N) is 3. The van der Waals surface area contributed by atoms with Crippen molar-refractivity contribution >= 4 is 12.1 Å². The van der Waals surface area contributed by atoms with Crippen molar-refractivity contribution in [3.05, 3.63) is 124 Å². The molecule has 0 unspecified atom stereocenters. The van der Waals surface area contributed by atoms with Crippen LogP contribution < -0.4 is 14.9 Å². The highest BCUT2D eigenvalue weighted by atomic mass is 16.5. The molecule has 1 heterocycles. The number of piperazine rings is 1. The maximum absolute atomic E-state index is 12.8. The Morgan fingerprint density at radius 1 is 0.740 bits per heavy atom. The summed E-state index contributed by atoms with van der Waals surface area (Å²) >= 11 is 0. The molecule has 264 valence electrons. The van der Waals surface area contributed by atoms with E-state index in [0.717, 1.165) is 72.0 Å². The fourth-order valence-electron chi connectivity index (χ4n) is 5.89. The van der Waals surface area contributed by atoms with Crippen LogP contribution in [0.3, 0.4) is 0 Å². The quantitative estimate of drug-likeness (QED) is 0.120. The number of phenols is 1. The summed E-state index contributed by atoms with van der Waals surface area (Å²) in [6.07, 6.45) is 1.55. The molecule has 0 aliphatic carbocycles. The van der Waals surface area contributed by atoms with E-state index >= 15 is 0 Å². The molecule has 0 atom stereocenters. The van der Waals surface area contributed by atoms with Crippen molar-refractivity contribution in [1.29, 1.82) is 0 Å². The average Bonchev–Trinajstić information content (AvgIpc) is 3.08. The van der Waals surface area contributed by atoms with E-state index in [2.05, 4.69) is 104 Å². The van der Waals surface area contributed by atoms with Crippen LogP contribution in [0, 0.1) is 0 Å². The fraction of sp³-hybridized carbons (Fsp3) is 0.381. The van der Waals surface area contributed by atoms with Crippen molar-refractivity contribution < 1.29 is 19.4 Å². The first-order valence-electron chi connectivity index (χ1n) is 17.5. The number of hydrazone groups is 1. The van der Waals surface area contributed by atoms with Gasteiger partial charge >= 0.3 is 0 Å². The number of hydrogen-bond donors (Lipinski definition) is 2. The van der Waals surface area contributed by atoms with Crippen molar-refractivity contribution in [3.63, 3.8) is 0 Å². The lowest BCUT2D eigenvalue weighted by atomic mass is 9.79. The summed E-state index contributed by atoms with van der Waals surface area (Å²) in [7, 11) is 0. The van der Waals surface area contributed by atoms with Crippen molar-refractivity contribution in [2.45, 2.75) is 72.1 Å². The Morgan fingerprint density at radius 3 is 1.90 bits per heavy atom. The van der Waals surface area contributed by atoms with Gasteiger partial charge in [0, 0.05) is 43.9 Å². The lowest BCUT2D eigenvalue weighted by Crippen LogP contribution is -2.48. The normalized spacial score (nSPS) is 14.5. The SMILES string of the molecule is CC(C)(C)c1cc(/C=N/NC(=O)CN2CCN(Cc3ccc(OCc4ccccc4)c(OCc4ccccc4)c3)CC2)c(O)c(C(C)(C)C)c1. The summed E-state index contributed by atoms with van der Waals surface area (Å²) in [5, 5.41) is 15.2. The second-order valence-corrected chi connectivity index (χ2v) is 15.1. The zero-order valence-corrected chi connectivity index (χ0v) is 30.4. The smallest absolute Gasteiger partial charge is 0.254 e. The lowest BCUT2D eigenvalue weighted by molar-refractivity contribution is -0.122. The minimum absolute atomic E-state index is 0.0967. The minimum Gasteiger partial charge on any atom is -0.507 e. The van der Waals surface area contributed by atoms with Crippen molar-refractivity contribution in [3.8, 4) is 17.2 Å². The molecule has 0 spiro atoms. The second-order valence-electron chi connectivity index (χ2n) is 15.1. The molecule has 0 radical (unpaired) electrons. The first-order valence-corrected chi connectivity index (χ1v) is 17.5. The van der Waals surface area contributed by atoms with Crippen LogP contribution in [0.4, 0.5) is 0 Å². The van der Waals surface area contributed by atoms with Gasteiger partial charge in [-0.05, 0) is 51.3 Å². The fourth-order valence-corrected chi connectivity index (χ4v) is 5.89. The van der Waals surface area contributed by atoms with Crippen LogP contribution in [-0.2, 0) is 35.4 Å². The summed E-state index contributed by atoms with van der Waals surface area (Å²) in [6.45, 7) is 17.9. The van der Waals surface area contributed by atoms with Crippen LogP contribution in [0.15, 0.2) is 96.1 Å². The van der Waals surface area contributed by atoms with Gasteiger partial charge in [0.25, 0.3) is 5.91 Å². The number of benzene rings is 4. The van der Waals surface area contributed by atoms with E-state index in [1.54, 1.807) is 6.21 Å². The number of carbonyl (C=O) groups excluding carboxylic acids is 1. The van der Waals surface area contributed by atoms with Crippen LogP contribution in [-0.4, -0.2) is 59.8 Å². The summed E-state index contributed by atoms with van der Waals surface area (Å²) in [5.41, 5.74) is 8.24. The van der Waals surface area contributed by atoms with Gasteiger partial charge in [0.2, 0.25) is 0 Å². The molecule has 5 rings (SSSR count). The predicted octanol–water partition coefficient (Wildman–Crippen LogP) is 7.41. The van der Waals surface area contributed by atoms with Gasteiger partial charge in [0.1, 0.15) is 19.0 Å². The van der Waals surface area contributed by atoms with E-state index in [1.807, 2.05) is 48.5 Å². The standard InChI is InChI=1S/C42H52N4O4/c1-41(2,3)35-24-34(40(48)36(25-35)42(4,5)6)26-43-44-39(47)28-46-21-19-45(20-22-46)27-33-17-18-37(49-29-31-13-9-7-10-14-31)38(23-33)50-30-32-15-11-8-12-16-32/h7-18,23-26,48H,19-22,27-30H2,1-6H3,(H,44,47)/b43-26+. The Kier molecular flexibility index (Phi) is 12.0. The Balaban J connectivity index is 1.14. The number of rotatable bonds is 12. The molecule has 4 aromatic carbocycles. The van der Waals surface area contributed by atoms with E-state index in [1.165, 1.54) is 0 Å². The summed E-state index contributed by atoms with van der Waals surface area (Å²) in [6, 6.07) is 30.5. The van der Waals surface area contributed by atoms with Gasteiger partial charge in [-0.2, -0.15) is 5.10 Å². The number of aromatic hydroxyl groups is 1. The van der Waals surface area contributed by atoms with Gasteiger partial charge in [0.15, 0.2) is 11.5 Å². The molecule has 8 heteroatoms. The second kappa shape index (κ2) is 16.4. The summed E-state index contributed by atoms with van der Waals surface area (Å²) in [4.78, 5) is 17.4. The molecule has 0 bridgehead atoms. The Hall–Kier alpha value is -4.66. The maximum Gasteiger partial charge on any atom is 0.254 e. The molecule has 1 aliphatic heterocycles. The summed E-state index contributed by atoms with van der Waals surface area (Å²) in [5.74, 6) is 1.47. The van der Waals surface area contributed by atoms with Crippen LogP contribution in [0.1, 0.15) is 74.9 Å². The van der Waals surface area contributed by atoms with Crippen LogP contribution in [0.2, 0.25) is 0 Å². The lowest BCUT2D eigenvalue weighted by Gasteiger charge is -2.34. The zero-order valence-electron chi connectivity index (χ0n) is 30.4. The van der Waals surface area contributed by atoms with Gasteiger partial charge in [-0.15, -0.1) is 0 Å². The minimum atomic E-state index is -0.238. The van der Waals surface area contributed by atoms with Crippen molar-refractivity contribution in [1.82, 2.24) is 15.2 Å². The molecule has 1 saturated heterocycles. The Labute approximate surface area is 297 Å². The molecular formula is C42H52N4O4. The van der Waals surface area contributed by atoms with Crippen LogP contribution >= 0.6 is 0 Å². The number of hydrogen-bond acceptors (Lipinski definition) is 7. The highest BCUT2D eigenvalue weighted by molar-refractivity contribution is 5.86. The maximum atomic E-state index is 12.8.